The van der Waals surface area contributed by atoms with Crippen molar-refractivity contribution in [3.8, 4) is 5.75 Å². The van der Waals surface area contributed by atoms with Crippen molar-refractivity contribution < 1.29 is 9.53 Å². The third-order valence-electron chi connectivity index (χ3n) is 3.96. The summed E-state index contributed by atoms with van der Waals surface area (Å²) in [5.41, 5.74) is 0.892. The molecule has 1 aromatic carbocycles. The van der Waals surface area contributed by atoms with Crippen LogP contribution in [0, 0.1) is 0 Å². The number of aryl methyl sites for hydroxylation is 1. The minimum absolute atomic E-state index is 0.116. The lowest BCUT2D eigenvalue weighted by molar-refractivity contribution is 0.0935. The SMILES string of the molecule is COc1ccccc1[C@@H](NC(=O)c1nc(SC)ncc1Cl)c1nccn1C. The molecule has 0 saturated carbocycles. The van der Waals surface area contributed by atoms with Gasteiger partial charge < -0.3 is 14.6 Å². The first kappa shape index (κ1) is 19.2. The average Bonchev–Trinajstić information content (AvgIpc) is 3.12. The highest BCUT2D eigenvalue weighted by Crippen LogP contribution is 2.29. The number of hydrogen-bond donors (Lipinski definition) is 1. The largest absolute Gasteiger partial charge is 0.496 e. The van der Waals surface area contributed by atoms with Crippen LogP contribution in [0.1, 0.15) is 27.9 Å². The summed E-state index contributed by atoms with van der Waals surface area (Å²) in [5, 5.41) is 3.63. The fourth-order valence-corrected chi connectivity index (χ4v) is 3.17. The van der Waals surface area contributed by atoms with Gasteiger partial charge in [-0.3, -0.25) is 4.79 Å². The van der Waals surface area contributed by atoms with Crippen molar-refractivity contribution in [3.63, 3.8) is 0 Å². The molecule has 27 heavy (non-hydrogen) atoms. The molecular formula is C18H18ClN5O2S. The molecule has 140 valence electrons. The third-order valence-corrected chi connectivity index (χ3v) is 4.80. The number of methoxy groups -OCH3 is 1. The molecule has 1 atom stereocenters. The lowest BCUT2D eigenvalue weighted by Gasteiger charge is -2.21. The number of ether oxygens (including phenoxy) is 1. The molecule has 9 heteroatoms. The van der Waals surface area contributed by atoms with Gasteiger partial charge in [-0.15, -0.1) is 0 Å². The number of imidazole rings is 1. The fourth-order valence-electron chi connectivity index (χ4n) is 2.65. The smallest absolute Gasteiger partial charge is 0.272 e. The predicted molar refractivity (Wildman–Crippen MR) is 104 cm³/mol. The first-order valence-electron chi connectivity index (χ1n) is 8.02. The molecule has 0 aliphatic carbocycles. The van der Waals surface area contributed by atoms with Gasteiger partial charge in [0.1, 0.15) is 17.6 Å². The van der Waals surface area contributed by atoms with E-state index in [9.17, 15) is 4.79 Å². The predicted octanol–water partition coefficient (Wildman–Crippen LogP) is 3.11. The molecule has 0 aliphatic heterocycles. The van der Waals surface area contributed by atoms with Crippen LogP contribution in [0.5, 0.6) is 5.75 Å². The van der Waals surface area contributed by atoms with E-state index in [4.69, 9.17) is 16.3 Å². The summed E-state index contributed by atoms with van der Waals surface area (Å²) in [7, 11) is 3.45. The van der Waals surface area contributed by atoms with Crippen LogP contribution in [0.2, 0.25) is 5.02 Å². The Morgan fingerprint density at radius 1 is 1.33 bits per heavy atom. The van der Waals surface area contributed by atoms with Crippen LogP contribution in [0.15, 0.2) is 48.0 Å². The van der Waals surface area contributed by atoms with Gasteiger partial charge in [0, 0.05) is 25.0 Å². The number of para-hydroxylation sites is 1. The number of nitrogens with one attached hydrogen (secondary N) is 1. The number of nitrogens with zero attached hydrogens (tertiary/aromatic N) is 4. The summed E-state index contributed by atoms with van der Waals surface area (Å²) in [6, 6.07) is 6.92. The Bertz CT molecular complexity index is 962. The normalized spacial score (nSPS) is 11.9. The number of aromatic nitrogens is 4. The lowest BCUT2D eigenvalue weighted by Crippen LogP contribution is -2.32. The molecule has 0 saturated heterocycles. The molecule has 0 unspecified atom stereocenters. The first-order valence-corrected chi connectivity index (χ1v) is 9.63. The second-order valence-corrected chi connectivity index (χ2v) is 6.78. The van der Waals surface area contributed by atoms with E-state index in [0.717, 1.165) is 5.56 Å². The van der Waals surface area contributed by atoms with Crippen molar-refractivity contribution in [1.82, 2.24) is 24.8 Å². The summed E-state index contributed by atoms with van der Waals surface area (Å²) in [6.07, 6.45) is 6.74. The van der Waals surface area contributed by atoms with E-state index in [-0.39, 0.29) is 10.7 Å². The second kappa shape index (κ2) is 8.41. The van der Waals surface area contributed by atoms with Crippen molar-refractivity contribution in [3.05, 3.63) is 65.0 Å². The van der Waals surface area contributed by atoms with E-state index < -0.39 is 11.9 Å². The van der Waals surface area contributed by atoms with Gasteiger partial charge in [-0.25, -0.2) is 15.0 Å². The number of carbonyl (C=O) groups excluding carboxylic acids is 1. The first-order chi connectivity index (χ1) is 13.0. The number of rotatable bonds is 6. The molecule has 3 aromatic rings. The van der Waals surface area contributed by atoms with Gasteiger partial charge in [0.25, 0.3) is 5.91 Å². The lowest BCUT2D eigenvalue weighted by atomic mass is 10.0. The highest BCUT2D eigenvalue weighted by Gasteiger charge is 2.26. The standard InChI is InChI=1S/C18H18ClN5O2S/c1-24-9-8-20-16(24)14(11-6-4-5-7-13(11)26-2)22-17(25)15-12(19)10-21-18(23-15)27-3/h4-10,14H,1-3H3,(H,22,25)/t14-/m1/s1. The molecule has 3 rings (SSSR count). The Morgan fingerprint density at radius 2 is 2.11 bits per heavy atom. The number of amides is 1. The molecule has 0 fully saturated rings. The molecule has 1 amide bonds. The van der Waals surface area contributed by atoms with Crippen LogP contribution in [0.25, 0.3) is 0 Å². The van der Waals surface area contributed by atoms with Gasteiger partial charge in [0.15, 0.2) is 10.9 Å². The molecule has 2 aromatic heterocycles. The van der Waals surface area contributed by atoms with Gasteiger partial charge in [0.05, 0.1) is 18.3 Å². The number of thioether (sulfide) groups is 1. The van der Waals surface area contributed by atoms with Gasteiger partial charge in [0.2, 0.25) is 0 Å². The quantitative estimate of drug-likeness (QED) is 0.503. The van der Waals surface area contributed by atoms with Crippen LogP contribution in [-0.2, 0) is 7.05 Å². The zero-order valence-electron chi connectivity index (χ0n) is 15.0. The van der Waals surface area contributed by atoms with Crippen LogP contribution in [-0.4, -0.2) is 38.8 Å². The van der Waals surface area contributed by atoms with Crippen molar-refractivity contribution in [2.24, 2.45) is 7.05 Å². The van der Waals surface area contributed by atoms with Gasteiger partial charge in [-0.2, -0.15) is 0 Å². The number of hydrogen-bond acceptors (Lipinski definition) is 6. The molecule has 0 aliphatic rings. The molecule has 1 N–H and O–H groups in total. The molecular weight excluding hydrogens is 386 g/mol. The molecule has 0 spiro atoms. The van der Waals surface area contributed by atoms with E-state index in [0.29, 0.717) is 16.7 Å². The van der Waals surface area contributed by atoms with Crippen LogP contribution in [0.4, 0.5) is 0 Å². The molecule has 0 radical (unpaired) electrons. The van der Waals surface area contributed by atoms with Gasteiger partial charge in [-0.05, 0) is 12.3 Å². The summed E-state index contributed by atoms with van der Waals surface area (Å²) in [5.74, 6) is 0.879. The van der Waals surface area contributed by atoms with E-state index in [1.807, 2.05) is 48.3 Å². The Balaban J connectivity index is 2.02. The highest BCUT2D eigenvalue weighted by molar-refractivity contribution is 7.98. The van der Waals surface area contributed by atoms with Crippen molar-refractivity contribution in [1.29, 1.82) is 0 Å². The van der Waals surface area contributed by atoms with Crippen LogP contribution < -0.4 is 10.1 Å². The third kappa shape index (κ3) is 4.06. The minimum atomic E-state index is -0.544. The maximum Gasteiger partial charge on any atom is 0.272 e. The van der Waals surface area contributed by atoms with Gasteiger partial charge >= 0.3 is 0 Å². The monoisotopic (exact) mass is 403 g/mol. The number of carbonyl (C=O) groups is 1. The summed E-state index contributed by atoms with van der Waals surface area (Å²) < 4.78 is 7.31. The Kier molecular flexibility index (Phi) is 5.98. The molecule has 2 heterocycles. The Labute approximate surface area is 166 Å². The Hall–Kier alpha value is -2.58. The van der Waals surface area contributed by atoms with Crippen LogP contribution >= 0.6 is 23.4 Å². The number of halogens is 1. The second-order valence-electron chi connectivity index (χ2n) is 5.60. The number of benzene rings is 1. The zero-order valence-corrected chi connectivity index (χ0v) is 16.6. The van der Waals surface area contributed by atoms with Crippen molar-refractivity contribution in [2.45, 2.75) is 11.2 Å². The average molecular weight is 404 g/mol. The zero-order chi connectivity index (χ0) is 19.4. The summed E-state index contributed by atoms with van der Waals surface area (Å²) >= 11 is 7.48. The maximum atomic E-state index is 13.0. The topological polar surface area (TPSA) is 81.9 Å². The minimum Gasteiger partial charge on any atom is -0.496 e. The van der Waals surface area contributed by atoms with E-state index >= 15 is 0 Å². The van der Waals surface area contributed by atoms with Crippen LogP contribution in [0.3, 0.4) is 0 Å². The van der Waals surface area contributed by atoms with Gasteiger partial charge in [-0.1, -0.05) is 41.6 Å². The fraction of sp³-hybridized carbons (Fsp3) is 0.222. The summed E-state index contributed by atoms with van der Waals surface area (Å²) in [6.45, 7) is 0. The van der Waals surface area contributed by atoms with Crippen molar-refractivity contribution in [2.75, 3.05) is 13.4 Å². The van der Waals surface area contributed by atoms with E-state index in [2.05, 4.69) is 20.3 Å². The Morgan fingerprint density at radius 3 is 2.78 bits per heavy atom. The molecule has 7 nitrogen and oxygen atoms in total. The van der Waals surface area contributed by atoms with Crippen molar-refractivity contribution >= 4 is 29.3 Å². The highest BCUT2D eigenvalue weighted by atomic mass is 35.5. The molecule has 0 bridgehead atoms. The van der Waals surface area contributed by atoms with E-state index in [1.54, 1.807) is 13.3 Å². The summed E-state index contributed by atoms with van der Waals surface area (Å²) in [4.78, 5) is 25.6. The van der Waals surface area contributed by atoms with E-state index in [1.165, 1.54) is 18.0 Å². The maximum absolute atomic E-state index is 13.0.